The minimum absolute atomic E-state index is 0.0171. The number of aromatic nitrogens is 3. The molecule has 1 aliphatic rings. The Bertz CT molecular complexity index is 1760. The minimum Gasteiger partial charge on any atom is -0.497 e. The van der Waals surface area contributed by atoms with Gasteiger partial charge in [0.2, 0.25) is 0 Å². The topological polar surface area (TPSA) is 96.3 Å². The van der Waals surface area contributed by atoms with Gasteiger partial charge >= 0.3 is 6.18 Å². The van der Waals surface area contributed by atoms with Crippen LogP contribution in [0.25, 0.3) is 27.9 Å². The van der Waals surface area contributed by atoms with Gasteiger partial charge in [-0.25, -0.2) is 9.50 Å². The number of halogens is 3. The third-order valence-electron chi connectivity index (χ3n) is 8.05. The maximum atomic E-state index is 14.3. The maximum Gasteiger partial charge on any atom is 0.433 e. The molecule has 0 aliphatic carbocycles. The fourth-order valence-corrected chi connectivity index (χ4v) is 5.86. The van der Waals surface area contributed by atoms with Gasteiger partial charge in [-0.05, 0) is 50.2 Å². The zero-order valence-electron chi connectivity index (χ0n) is 23.8. The molecule has 2 aromatic carbocycles. The van der Waals surface area contributed by atoms with Gasteiger partial charge in [-0.15, -0.1) is 0 Å². The number of alkyl halides is 3. The molecule has 0 radical (unpaired) electrons. The van der Waals surface area contributed by atoms with Crippen LogP contribution in [0.5, 0.6) is 5.75 Å². The number of aliphatic hydroxyl groups is 1. The highest BCUT2D eigenvalue weighted by molar-refractivity contribution is 6.00. The second-order valence-corrected chi connectivity index (χ2v) is 10.7. The van der Waals surface area contributed by atoms with E-state index in [9.17, 15) is 23.1 Å². The van der Waals surface area contributed by atoms with E-state index in [2.05, 4.69) is 10.1 Å². The third-order valence-corrected chi connectivity index (χ3v) is 8.05. The number of hydrogen-bond donors (Lipinski definition) is 1. The molecule has 0 saturated carbocycles. The summed E-state index contributed by atoms with van der Waals surface area (Å²) in [6, 6.07) is 15.3. The average Bonchev–Trinajstić information content (AvgIpc) is 3.60. The first-order valence-corrected chi connectivity index (χ1v) is 13.8. The summed E-state index contributed by atoms with van der Waals surface area (Å²) in [6.07, 6.45) is -3.59. The molecule has 0 bridgehead atoms. The van der Waals surface area contributed by atoms with Crippen LogP contribution in [0.15, 0.2) is 65.2 Å². The van der Waals surface area contributed by atoms with Gasteiger partial charge in [0.15, 0.2) is 11.3 Å². The first-order chi connectivity index (χ1) is 20.6. The molecule has 224 valence electrons. The maximum absolute atomic E-state index is 14.3. The van der Waals surface area contributed by atoms with Crippen LogP contribution in [0.2, 0.25) is 0 Å². The van der Waals surface area contributed by atoms with E-state index in [1.165, 1.54) is 14.0 Å². The molecule has 6 rings (SSSR count). The number of benzene rings is 2. The number of ether oxygens (including phenoxy) is 1. The Kier molecular flexibility index (Phi) is 7.35. The molecule has 12 heteroatoms. The van der Waals surface area contributed by atoms with E-state index < -0.39 is 23.8 Å². The lowest BCUT2D eigenvalue weighted by Crippen LogP contribution is -2.55. The molecule has 9 nitrogen and oxygen atoms in total. The number of fused-ring (bicyclic) bond motifs is 2. The number of furan rings is 1. The fraction of sp³-hybridized carbons (Fsp3) is 0.323. The number of para-hydroxylation sites is 1. The standard InChI is InChI=1S/C31H30F3N5O4/c1-18-16-37(24(17-40)26-14-21-6-4-5-7-25(21)43-26)12-13-38(18)30(41)23-15-35-39-28(31(32,33)34)19(2)27(36-29(23)39)20-8-10-22(42-3)11-9-20/h4-11,14-15,18,24,40H,12-13,16-17H2,1-3H3/t18-,24-/m1/s1. The number of aliphatic hydroxyl groups excluding tert-OH is 1. The molecule has 43 heavy (non-hydrogen) atoms. The average molecular weight is 594 g/mol. The molecule has 1 fully saturated rings. The normalized spacial score (nSPS) is 17.1. The number of amides is 1. The highest BCUT2D eigenvalue weighted by Crippen LogP contribution is 2.37. The van der Waals surface area contributed by atoms with Crippen LogP contribution in [-0.2, 0) is 6.18 Å². The summed E-state index contributed by atoms with van der Waals surface area (Å²) < 4.78 is 54.9. The third kappa shape index (κ3) is 5.10. The number of nitrogens with zero attached hydrogens (tertiary/aromatic N) is 5. The first kappa shape index (κ1) is 28.7. The van der Waals surface area contributed by atoms with E-state index in [1.54, 1.807) is 29.2 Å². The van der Waals surface area contributed by atoms with Crippen LogP contribution in [0.4, 0.5) is 13.2 Å². The summed E-state index contributed by atoms with van der Waals surface area (Å²) in [4.78, 5) is 22.1. The summed E-state index contributed by atoms with van der Waals surface area (Å²) >= 11 is 0. The predicted octanol–water partition coefficient (Wildman–Crippen LogP) is 5.36. The summed E-state index contributed by atoms with van der Waals surface area (Å²) in [6.45, 7) is 4.17. The van der Waals surface area contributed by atoms with Gasteiger partial charge < -0.3 is 19.2 Å². The van der Waals surface area contributed by atoms with Gasteiger partial charge in [-0.1, -0.05) is 18.2 Å². The SMILES string of the molecule is COc1ccc(-c2nc3c(C(=O)N4CCN([C@H](CO)c5cc6ccccc6o5)C[C@H]4C)cnn3c(C(F)(F)F)c2C)cc1. The molecular weight excluding hydrogens is 563 g/mol. The van der Waals surface area contributed by atoms with Crippen molar-refractivity contribution in [1.82, 2.24) is 24.4 Å². The van der Waals surface area contributed by atoms with E-state index in [0.29, 0.717) is 34.7 Å². The van der Waals surface area contributed by atoms with E-state index in [0.717, 1.165) is 17.2 Å². The molecule has 0 unspecified atom stereocenters. The predicted molar refractivity (Wildman–Crippen MR) is 153 cm³/mol. The van der Waals surface area contributed by atoms with Crippen molar-refractivity contribution in [2.24, 2.45) is 0 Å². The molecule has 1 aliphatic heterocycles. The van der Waals surface area contributed by atoms with Gasteiger partial charge in [0.05, 0.1) is 31.6 Å². The zero-order valence-corrected chi connectivity index (χ0v) is 23.8. The van der Waals surface area contributed by atoms with Gasteiger partial charge in [0.1, 0.15) is 22.7 Å². The zero-order chi connectivity index (χ0) is 30.5. The number of carbonyl (C=O) groups excluding carboxylic acids is 1. The van der Waals surface area contributed by atoms with Crippen molar-refractivity contribution in [2.45, 2.75) is 32.1 Å². The van der Waals surface area contributed by atoms with Crippen LogP contribution in [0.1, 0.15) is 40.3 Å². The molecule has 3 aromatic heterocycles. The molecule has 1 N–H and O–H groups in total. The Morgan fingerprint density at radius 1 is 1.16 bits per heavy atom. The molecule has 1 saturated heterocycles. The summed E-state index contributed by atoms with van der Waals surface area (Å²) in [5.74, 6) is 0.718. The van der Waals surface area contributed by atoms with Gasteiger partial charge in [0, 0.05) is 42.2 Å². The lowest BCUT2D eigenvalue weighted by molar-refractivity contribution is -0.143. The molecule has 2 atom stereocenters. The number of carbonyl (C=O) groups is 1. The van der Waals surface area contributed by atoms with Crippen LogP contribution in [0.3, 0.4) is 0 Å². The van der Waals surface area contributed by atoms with E-state index in [1.807, 2.05) is 42.2 Å². The lowest BCUT2D eigenvalue weighted by atomic mass is 10.0. The van der Waals surface area contributed by atoms with E-state index in [-0.39, 0.29) is 41.7 Å². The number of hydrogen-bond acceptors (Lipinski definition) is 7. The second kappa shape index (κ2) is 11.0. The van der Waals surface area contributed by atoms with E-state index >= 15 is 0 Å². The molecule has 5 aromatic rings. The lowest BCUT2D eigenvalue weighted by Gasteiger charge is -2.42. The van der Waals surface area contributed by atoms with Crippen molar-refractivity contribution < 1.29 is 32.2 Å². The fourth-order valence-electron chi connectivity index (χ4n) is 5.86. The van der Waals surface area contributed by atoms with Gasteiger partial charge in [0.25, 0.3) is 5.91 Å². The van der Waals surface area contributed by atoms with Crippen molar-refractivity contribution in [2.75, 3.05) is 33.4 Å². The first-order valence-electron chi connectivity index (χ1n) is 13.8. The van der Waals surface area contributed by atoms with E-state index in [4.69, 9.17) is 9.15 Å². The quantitative estimate of drug-likeness (QED) is 0.283. The van der Waals surface area contributed by atoms with Crippen molar-refractivity contribution >= 4 is 22.5 Å². The Hall–Kier alpha value is -4.42. The number of methoxy groups -OCH3 is 1. The highest BCUT2D eigenvalue weighted by atomic mass is 19.4. The Balaban J connectivity index is 1.31. The molecule has 0 spiro atoms. The molecule has 1 amide bonds. The van der Waals surface area contributed by atoms with Crippen LogP contribution in [0, 0.1) is 6.92 Å². The van der Waals surface area contributed by atoms with Crippen LogP contribution >= 0.6 is 0 Å². The van der Waals surface area contributed by atoms with Crippen molar-refractivity contribution in [1.29, 1.82) is 0 Å². The van der Waals surface area contributed by atoms with Crippen LogP contribution < -0.4 is 4.74 Å². The summed E-state index contributed by atoms with van der Waals surface area (Å²) in [5, 5.41) is 15.2. The second-order valence-electron chi connectivity index (χ2n) is 10.7. The van der Waals surface area contributed by atoms with Gasteiger partial charge in [-0.3, -0.25) is 9.69 Å². The monoisotopic (exact) mass is 593 g/mol. The highest BCUT2D eigenvalue weighted by Gasteiger charge is 2.40. The van der Waals surface area contributed by atoms with Gasteiger partial charge in [-0.2, -0.15) is 18.3 Å². The Morgan fingerprint density at radius 2 is 1.91 bits per heavy atom. The van der Waals surface area contributed by atoms with Crippen LogP contribution in [-0.4, -0.2) is 74.8 Å². The number of rotatable bonds is 6. The Labute approximate surface area is 245 Å². The summed E-state index contributed by atoms with van der Waals surface area (Å²) in [5.41, 5.74) is 0.00285. The van der Waals surface area contributed by atoms with Crippen molar-refractivity contribution in [3.63, 3.8) is 0 Å². The minimum atomic E-state index is -4.74. The largest absolute Gasteiger partial charge is 0.497 e. The molecular formula is C31H30F3N5O4. The Morgan fingerprint density at radius 3 is 2.56 bits per heavy atom. The number of piperazine rings is 1. The summed E-state index contributed by atoms with van der Waals surface area (Å²) in [7, 11) is 1.50. The smallest absolute Gasteiger partial charge is 0.433 e. The van der Waals surface area contributed by atoms with Crippen molar-refractivity contribution in [3.8, 4) is 17.0 Å². The van der Waals surface area contributed by atoms with Crippen molar-refractivity contribution in [3.05, 3.63) is 83.4 Å². The molecule has 4 heterocycles.